The minimum atomic E-state index is 0.266. The molecule has 1 rings (SSSR count). The summed E-state index contributed by atoms with van der Waals surface area (Å²) in [5, 5.41) is 8.92. The van der Waals surface area contributed by atoms with Crippen molar-refractivity contribution in [2.24, 2.45) is 10.9 Å². The van der Waals surface area contributed by atoms with E-state index in [4.69, 9.17) is 5.11 Å². The van der Waals surface area contributed by atoms with Gasteiger partial charge in [-0.15, -0.1) is 0 Å². The van der Waals surface area contributed by atoms with Gasteiger partial charge < -0.3 is 5.11 Å². The van der Waals surface area contributed by atoms with Crippen LogP contribution >= 0.6 is 0 Å². The van der Waals surface area contributed by atoms with Crippen LogP contribution < -0.4 is 0 Å². The van der Waals surface area contributed by atoms with Gasteiger partial charge in [0.25, 0.3) is 0 Å². The molecule has 0 spiro atoms. The molecule has 0 amide bonds. The Kier molecular flexibility index (Phi) is 7.28. The highest BCUT2D eigenvalue weighted by Gasteiger charge is 2.15. The quantitative estimate of drug-likeness (QED) is 0.743. The predicted molar refractivity (Wildman–Crippen MR) is 81.7 cm³/mol. The molecule has 0 aromatic heterocycles. The summed E-state index contributed by atoms with van der Waals surface area (Å²) in [5.41, 5.74) is 2.50. The van der Waals surface area contributed by atoms with Gasteiger partial charge in [-0.2, -0.15) is 0 Å². The average molecular weight is 267 g/mol. The van der Waals surface area contributed by atoms with Crippen molar-refractivity contribution in [3.63, 3.8) is 0 Å². The highest BCUT2D eigenvalue weighted by atomic mass is 16.3. The molecule has 1 fully saturated rings. The van der Waals surface area contributed by atoms with E-state index < -0.39 is 0 Å². The molecule has 4 nitrogen and oxygen atoms in total. The van der Waals surface area contributed by atoms with E-state index in [9.17, 15) is 0 Å². The number of hydrogen-bond acceptors (Lipinski definition) is 4. The lowest BCUT2D eigenvalue weighted by Crippen LogP contribution is -2.47. The molecule has 0 saturated carbocycles. The molecule has 0 radical (unpaired) electrons. The fourth-order valence-corrected chi connectivity index (χ4v) is 2.07. The van der Waals surface area contributed by atoms with Crippen LogP contribution in [0.4, 0.5) is 0 Å². The first-order valence-electron chi connectivity index (χ1n) is 7.28. The Balaban J connectivity index is 2.36. The third kappa shape index (κ3) is 6.32. The number of β-amino-alcohol motifs (C(OH)–C–C–N with tert-alkyl or cyclic N) is 1. The van der Waals surface area contributed by atoms with Gasteiger partial charge in [-0.3, -0.25) is 14.8 Å². The van der Waals surface area contributed by atoms with Crippen LogP contribution in [-0.2, 0) is 0 Å². The van der Waals surface area contributed by atoms with Crippen molar-refractivity contribution < 1.29 is 5.11 Å². The Morgan fingerprint density at radius 1 is 1.16 bits per heavy atom. The Labute approximate surface area is 117 Å². The van der Waals surface area contributed by atoms with Crippen molar-refractivity contribution in [2.45, 2.75) is 27.7 Å². The Hall–Kier alpha value is -0.710. The SMILES string of the molecule is C/C(=C\N=C(/C)C(C)C)CN1CCN(CCO)CC1. The minimum Gasteiger partial charge on any atom is -0.395 e. The molecule has 0 unspecified atom stereocenters. The third-order valence-corrected chi connectivity index (χ3v) is 3.68. The van der Waals surface area contributed by atoms with Crippen molar-refractivity contribution in [3.8, 4) is 0 Å². The first kappa shape index (κ1) is 16.3. The summed E-state index contributed by atoms with van der Waals surface area (Å²) < 4.78 is 0. The molecular weight excluding hydrogens is 238 g/mol. The van der Waals surface area contributed by atoms with Crippen molar-refractivity contribution in [2.75, 3.05) is 45.9 Å². The number of aliphatic hydroxyl groups is 1. The lowest BCUT2D eigenvalue weighted by atomic mass is 10.1. The summed E-state index contributed by atoms with van der Waals surface area (Å²) in [6, 6.07) is 0. The number of aliphatic imine (C=N–C) groups is 1. The second kappa shape index (κ2) is 8.46. The highest BCUT2D eigenvalue weighted by molar-refractivity contribution is 5.84. The molecule has 1 heterocycles. The van der Waals surface area contributed by atoms with Gasteiger partial charge in [0.15, 0.2) is 0 Å². The number of hydrogen-bond donors (Lipinski definition) is 1. The molecule has 0 aliphatic carbocycles. The largest absolute Gasteiger partial charge is 0.395 e. The number of piperazine rings is 1. The van der Waals surface area contributed by atoms with Gasteiger partial charge >= 0.3 is 0 Å². The van der Waals surface area contributed by atoms with Gasteiger partial charge in [0, 0.05) is 51.2 Å². The zero-order valence-electron chi connectivity index (χ0n) is 12.9. The molecule has 1 aliphatic heterocycles. The summed E-state index contributed by atoms with van der Waals surface area (Å²) in [4.78, 5) is 9.29. The molecule has 0 atom stereocenters. The number of aliphatic hydroxyl groups excluding tert-OH is 1. The van der Waals surface area contributed by atoms with Gasteiger partial charge in [-0.25, -0.2) is 0 Å². The van der Waals surface area contributed by atoms with E-state index in [1.165, 1.54) is 11.3 Å². The molecule has 110 valence electrons. The van der Waals surface area contributed by atoms with Crippen molar-refractivity contribution in [1.82, 2.24) is 9.80 Å². The molecule has 19 heavy (non-hydrogen) atoms. The van der Waals surface area contributed by atoms with E-state index in [1.807, 2.05) is 6.20 Å². The van der Waals surface area contributed by atoms with Crippen LogP contribution in [0.2, 0.25) is 0 Å². The molecule has 1 saturated heterocycles. The van der Waals surface area contributed by atoms with Crippen LogP contribution in [0.1, 0.15) is 27.7 Å². The summed E-state index contributed by atoms with van der Waals surface area (Å²) >= 11 is 0. The van der Waals surface area contributed by atoms with E-state index in [0.29, 0.717) is 5.92 Å². The first-order chi connectivity index (χ1) is 9.02. The second-order valence-electron chi connectivity index (χ2n) is 5.74. The van der Waals surface area contributed by atoms with E-state index >= 15 is 0 Å². The van der Waals surface area contributed by atoms with Gasteiger partial charge in [-0.05, 0) is 25.3 Å². The van der Waals surface area contributed by atoms with Gasteiger partial charge in [0.05, 0.1) is 6.61 Å². The minimum absolute atomic E-state index is 0.266. The summed E-state index contributed by atoms with van der Waals surface area (Å²) in [6.45, 7) is 14.9. The van der Waals surface area contributed by atoms with Crippen LogP contribution in [0.3, 0.4) is 0 Å². The predicted octanol–water partition coefficient (Wildman–Crippen LogP) is 1.62. The molecule has 0 aromatic carbocycles. The number of rotatable bonds is 6. The first-order valence-corrected chi connectivity index (χ1v) is 7.28. The van der Waals surface area contributed by atoms with Crippen molar-refractivity contribution in [3.05, 3.63) is 11.8 Å². The smallest absolute Gasteiger partial charge is 0.0558 e. The average Bonchev–Trinajstić information content (AvgIpc) is 2.38. The normalized spacial score (nSPS) is 20.3. The Morgan fingerprint density at radius 3 is 2.26 bits per heavy atom. The topological polar surface area (TPSA) is 39.1 Å². The van der Waals surface area contributed by atoms with Crippen LogP contribution in [-0.4, -0.2) is 66.5 Å². The maximum absolute atomic E-state index is 8.92. The van der Waals surface area contributed by atoms with Crippen LogP contribution in [0.5, 0.6) is 0 Å². The zero-order valence-corrected chi connectivity index (χ0v) is 12.9. The highest BCUT2D eigenvalue weighted by Crippen LogP contribution is 2.06. The number of nitrogens with zero attached hydrogens (tertiary/aromatic N) is 3. The van der Waals surface area contributed by atoms with Crippen molar-refractivity contribution in [1.29, 1.82) is 0 Å². The van der Waals surface area contributed by atoms with E-state index in [2.05, 4.69) is 42.5 Å². The summed E-state index contributed by atoms with van der Waals surface area (Å²) in [5.74, 6) is 0.520. The van der Waals surface area contributed by atoms with E-state index in [-0.39, 0.29) is 6.61 Å². The standard InChI is InChI=1S/C15H29N3O/c1-13(2)15(4)16-11-14(3)12-18-7-5-17(6-8-18)9-10-19/h11,13,19H,5-10,12H2,1-4H3/b14-11+,16-15+. The van der Waals surface area contributed by atoms with Crippen molar-refractivity contribution >= 4 is 5.71 Å². The van der Waals surface area contributed by atoms with Gasteiger partial charge in [-0.1, -0.05) is 13.8 Å². The third-order valence-electron chi connectivity index (χ3n) is 3.68. The molecule has 1 aliphatic rings. The second-order valence-corrected chi connectivity index (χ2v) is 5.74. The fraction of sp³-hybridized carbons (Fsp3) is 0.800. The Bertz CT molecular complexity index is 315. The van der Waals surface area contributed by atoms with E-state index in [0.717, 1.165) is 39.3 Å². The fourth-order valence-electron chi connectivity index (χ4n) is 2.07. The summed E-state index contributed by atoms with van der Waals surface area (Å²) in [6.07, 6.45) is 2.01. The zero-order chi connectivity index (χ0) is 14.3. The maximum atomic E-state index is 8.92. The molecule has 0 aromatic rings. The van der Waals surface area contributed by atoms with Crippen LogP contribution in [0.25, 0.3) is 0 Å². The monoisotopic (exact) mass is 267 g/mol. The lowest BCUT2D eigenvalue weighted by molar-refractivity contribution is 0.118. The van der Waals surface area contributed by atoms with Gasteiger partial charge in [0.2, 0.25) is 0 Å². The lowest BCUT2D eigenvalue weighted by Gasteiger charge is -2.34. The molecule has 4 heteroatoms. The van der Waals surface area contributed by atoms with Gasteiger partial charge in [0.1, 0.15) is 0 Å². The Morgan fingerprint density at radius 2 is 1.74 bits per heavy atom. The van der Waals surface area contributed by atoms with Crippen LogP contribution in [0.15, 0.2) is 16.8 Å². The summed E-state index contributed by atoms with van der Waals surface area (Å²) in [7, 11) is 0. The molecule has 1 N–H and O–H groups in total. The molecular formula is C15H29N3O. The van der Waals surface area contributed by atoms with Crippen LogP contribution in [0, 0.1) is 5.92 Å². The maximum Gasteiger partial charge on any atom is 0.0558 e. The van der Waals surface area contributed by atoms with E-state index in [1.54, 1.807) is 0 Å². The molecule has 0 bridgehead atoms.